The minimum Gasteiger partial charge on any atom is -0.493 e. The maximum absolute atomic E-state index is 12.2. The van der Waals surface area contributed by atoms with Crippen molar-refractivity contribution in [3.8, 4) is 17.2 Å². The number of nitrogens with one attached hydrogen (secondary N) is 1. The summed E-state index contributed by atoms with van der Waals surface area (Å²) < 4.78 is 20.9. The van der Waals surface area contributed by atoms with Crippen molar-refractivity contribution in [2.24, 2.45) is 0 Å². The zero-order chi connectivity index (χ0) is 19.3. The van der Waals surface area contributed by atoms with Gasteiger partial charge in [0.2, 0.25) is 5.75 Å². The molecule has 142 valence electrons. The van der Waals surface area contributed by atoms with E-state index in [0.29, 0.717) is 29.4 Å². The Morgan fingerprint density at radius 2 is 1.77 bits per heavy atom. The highest BCUT2D eigenvalue weighted by Crippen LogP contribution is 2.38. The van der Waals surface area contributed by atoms with Gasteiger partial charge in [-0.05, 0) is 24.6 Å². The Balaban J connectivity index is 2.05. The second-order valence-corrected chi connectivity index (χ2v) is 5.56. The van der Waals surface area contributed by atoms with E-state index in [1.165, 1.54) is 28.3 Å². The Hall–Kier alpha value is -2.97. The van der Waals surface area contributed by atoms with Crippen LogP contribution in [0, 0.1) is 0 Å². The van der Waals surface area contributed by atoms with Gasteiger partial charge in [0, 0.05) is 13.1 Å². The molecule has 2 rings (SSSR count). The number of carbonyl (C=O) groups is 3. The number of imide groups is 1. The van der Waals surface area contributed by atoms with Gasteiger partial charge in [0.05, 0.1) is 27.8 Å². The second kappa shape index (κ2) is 8.41. The number of methoxy groups -OCH3 is 3. The van der Waals surface area contributed by atoms with Gasteiger partial charge in [-0.2, -0.15) is 0 Å². The summed E-state index contributed by atoms with van der Waals surface area (Å²) in [4.78, 5) is 36.9. The van der Waals surface area contributed by atoms with Crippen molar-refractivity contribution in [2.45, 2.75) is 19.4 Å². The Labute approximate surface area is 151 Å². The Morgan fingerprint density at radius 3 is 2.23 bits per heavy atom. The average molecular weight is 366 g/mol. The van der Waals surface area contributed by atoms with Crippen molar-refractivity contribution in [3.05, 3.63) is 17.7 Å². The van der Waals surface area contributed by atoms with Crippen LogP contribution in [0.15, 0.2) is 12.1 Å². The number of esters is 1. The standard InChI is InChI=1S/C17H22N2O7/c1-10(16(21)19-6-5-18-17(19)22)26-14(20)9-11-7-12(23-2)15(25-4)13(8-11)24-3/h7-8,10H,5-6,9H2,1-4H3,(H,18,22). The molecule has 1 aliphatic rings. The quantitative estimate of drug-likeness (QED) is 0.710. The van der Waals surface area contributed by atoms with Crippen LogP contribution in [0.2, 0.25) is 0 Å². The molecule has 9 nitrogen and oxygen atoms in total. The lowest BCUT2D eigenvalue weighted by Crippen LogP contribution is -2.42. The first-order valence-corrected chi connectivity index (χ1v) is 7.98. The summed E-state index contributed by atoms with van der Waals surface area (Å²) in [5.41, 5.74) is 0.572. The minimum atomic E-state index is -1.06. The summed E-state index contributed by atoms with van der Waals surface area (Å²) in [6, 6.07) is 2.77. The van der Waals surface area contributed by atoms with Gasteiger partial charge < -0.3 is 24.3 Å². The number of carbonyl (C=O) groups excluding carboxylic acids is 3. The first-order chi connectivity index (χ1) is 12.4. The third-order valence-electron chi connectivity index (χ3n) is 3.85. The molecule has 26 heavy (non-hydrogen) atoms. The summed E-state index contributed by atoms with van der Waals surface area (Å²) in [6.07, 6.45) is -1.16. The number of benzene rings is 1. The van der Waals surface area contributed by atoms with Gasteiger partial charge in [-0.3, -0.25) is 14.5 Å². The van der Waals surface area contributed by atoms with E-state index in [9.17, 15) is 14.4 Å². The molecule has 1 heterocycles. The Kier molecular flexibility index (Phi) is 6.26. The van der Waals surface area contributed by atoms with E-state index < -0.39 is 24.0 Å². The lowest BCUT2D eigenvalue weighted by molar-refractivity contribution is -0.156. The van der Waals surface area contributed by atoms with Gasteiger partial charge >= 0.3 is 12.0 Å². The Morgan fingerprint density at radius 1 is 1.15 bits per heavy atom. The molecule has 1 saturated heterocycles. The molecular weight excluding hydrogens is 344 g/mol. The van der Waals surface area contributed by atoms with Crippen molar-refractivity contribution < 1.29 is 33.3 Å². The fraction of sp³-hybridized carbons (Fsp3) is 0.471. The fourth-order valence-corrected chi connectivity index (χ4v) is 2.59. The summed E-state index contributed by atoms with van der Waals surface area (Å²) in [6.45, 7) is 2.07. The van der Waals surface area contributed by atoms with Crippen LogP contribution in [0.25, 0.3) is 0 Å². The van der Waals surface area contributed by atoms with E-state index in [-0.39, 0.29) is 13.0 Å². The van der Waals surface area contributed by atoms with E-state index in [4.69, 9.17) is 18.9 Å². The molecule has 0 aliphatic carbocycles. The van der Waals surface area contributed by atoms with Crippen molar-refractivity contribution in [3.63, 3.8) is 0 Å². The number of nitrogens with zero attached hydrogens (tertiary/aromatic N) is 1. The molecule has 0 spiro atoms. The molecule has 9 heteroatoms. The predicted octanol–water partition coefficient (Wildman–Crippen LogP) is 0.738. The fourth-order valence-electron chi connectivity index (χ4n) is 2.59. The minimum absolute atomic E-state index is 0.0967. The van der Waals surface area contributed by atoms with E-state index in [1.807, 2.05) is 0 Å². The summed E-state index contributed by atoms with van der Waals surface area (Å²) in [5, 5.41) is 2.52. The summed E-state index contributed by atoms with van der Waals surface area (Å²) in [7, 11) is 4.43. The molecule has 1 aromatic carbocycles. The molecule has 3 amide bonds. The lowest BCUT2D eigenvalue weighted by atomic mass is 10.1. The molecule has 0 aromatic heterocycles. The maximum Gasteiger partial charge on any atom is 0.324 e. The number of ether oxygens (including phenoxy) is 4. The second-order valence-electron chi connectivity index (χ2n) is 5.56. The normalized spacial score (nSPS) is 14.5. The molecule has 1 N–H and O–H groups in total. The molecular formula is C17H22N2O7. The molecule has 1 unspecified atom stereocenters. The molecule has 0 radical (unpaired) electrons. The lowest BCUT2D eigenvalue weighted by Gasteiger charge is -2.18. The number of hydrogen-bond acceptors (Lipinski definition) is 7. The maximum atomic E-state index is 12.2. The van der Waals surface area contributed by atoms with Crippen molar-refractivity contribution in [1.29, 1.82) is 0 Å². The van der Waals surface area contributed by atoms with Crippen LogP contribution in [0.5, 0.6) is 17.2 Å². The molecule has 1 fully saturated rings. The summed E-state index contributed by atoms with van der Waals surface area (Å²) >= 11 is 0. The number of urea groups is 1. The van der Waals surface area contributed by atoms with Crippen LogP contribution >= 0.6 is 0 Å². The highest BCUT2D eigenvalue weighted by Gasteiger charge is 2.31. The van der Waals surface area contributed by atoms with Crippen LogP contribution in [-0.4, -0.2) is 63.3 Å². The van der Waals surface area contributed by atoms with Gasteiger partial charge in [0.1, 0.15) is 0 Å². The van der Waals surface area contributed by atoms with Crippen molar-refractivity contribution in [1.82, 2.24) is 10.2 Å². The third kappa shape index (κ3) is 4.16. The molecule has 0 bridgehead atoms. The smallest absolute Gasteiger partial charge is 0.324 e. The molecule has 1 atom stereocenters. The van der Waals surface area contributed by atoms with Gasteiger partial charge in [0.25, 0.3) is 5.91 Å². The molecule has 0 saturated carbocycles. The van der Waals surface area contributed by atoms with Crippen LogP contribution in [0.3, 0.4) is 0 Å². The van der Waals surface area contributed by atoms with E-state index in [2.05, 4.69) is 5.32 Å². The zero-order valence-corrected chi connectivity index (χ0v) is 15.2. The molecule has 1 aliphatic heterocycles. The SMILES string of the molecule is COc1cc(CC(=O)OC(C)C(=O)N2CCNC2=O)cc(OC)c1OC. The van der Waals surface area contributed by atoms with Crippen molar-refractivity contribution >= 4 is 17.9 Å². The zero-order valence-electron chi connectivity index (χ0n) is 15.2. The van der Waals surface area contributed by atoms with E-state index in [0.717, 1.165) is 4.90 Å². The Bertz CT molecular complexity index is 679. The highest BCUT2D eigenvalue weighted by atomic mass is 16.5. The topological polar surface area (TPSA) is 103 Å². The van der Waals surface area contributed by atoms with Crippen LogP contribution in [0.4, 0.5) is 4.79 Å². The average Bonchev–Trinajstić information content (AvgIpc) is 3.05. The third-order valence-corrected chi connectivity index (χ3v) is 3.85. The largest absolute Gasteiger partial charge is 0.493 e. The number of amides is 3. The number of hydrogen-bond donors (Lipinski definition) is 1. The van der Waals surface area contributed by atoms with Gasteiger partial charge in [-0.25, -0.2) is 4.79 Å². The highest BCUT2D eigenvalue weighted by molar-refractivity contribution is 5.98. The van der Waals surface area contributed by atoms with Crippen LogP contribution < -0.4 is 19.5 Å². The van der Waals surface area contributed by atoms with E-state index >= 15 is 0 Å². The van der Waals surface area contributed by atoms with Crippen molar-refractivity contribution in [2.75, 3.05) is 34.4 Å². The predicted molar refractivity (Wildman–Crippen MR) is 90.5 cm³/mol. The van der Waals surface area contributed by atoms with Gasteiger partial charge in [-0.15, -0.1) is 0 Å². The number of rotatable bonds is 7. The molecule has 1 aromatic rings. The van der Waals surface area contributed by atoms with Crippen LogP contribution in [0.1, 0.15) is 12.5 Å². The van der Waals surface area contributed by atoms with Gasteiger partial charge in [-0.1, -0.05) is 0 Å². The first kappa shape index (κ1) is 19.4. The summed E-state index contributed by atoms with van der Waals surface area (Å²) in [5.74, 6) is 0.0636. The van der Waals surface area contributed by atoms with Gasteiger partial charge in [0.15, 0.2) is 17.6 Å². The van der Waals surface area contributed by atoms with Crippen LogP contribution in [-0.2, 0) is 20.7 Å². The van der Waals surface area contributed by atoms with E-state index in [1.54, 1.807) is 12.1 Å². The first-order valence-electron chi connectivity index (χ1n) is 7.98. The monoisotopic (exact) mass is 366 g/mol.